The van der Waals surface area contributed by atoms with Crippen LogP contribution in [0.15, 0.2) is 30.6 Å². The predicted octanol–water partition coefficient (Wildman–Crippen LogP) is 3.16. The normalized spacial score (nSPS) is 10.5. The molecule has 19 heavy (non-hydrogen) atoms. The zero-order valence-corrected chi connectivity index (χ0v) is 11.3. The van der Waals surface area contributed by atoms with E-state index >= 15 is 0 Å². The summed E-state index contributed by atoms with van der Waals surface area (Å²) in [4.78, 5) is 10.5. The molecule has 0 saturated carbocycles. The van der Waals surface area contributed by atoms with Gasteiger partial charge in [-0.2, -0.15) is 0 Å². The van der Waals surface area contributed by atoms with Crippen molar-refractivity contribution >= 4 is 11.4 Å². The average molecular weight is 259 g/mol. The highest BCUT2D eigenvalue weighted by Gasteiger charge is 2.13. The molecule has 2 aromatic rings. The van der Waals surface area contributed by atoms with Crippen molar-refractivity contribution in [2.45, 2.75) is 20.4 Å². The maximum atomic E-state index is 10.8. The summed E-state index contributed by atoms with van der Waals surface area (Å²) in [5.41, 5.74) is 3.84. The number of hydrogen-bond donors (Lipinski definition) is 1. The number of nitrogens with one attached hydrogen (secondary N) is 1. The molecule has 0 saturated heterocycles. The molecule has 0 bridgehead atoms. The Morgan fingerprint density at radius 3 is 2.63 bits per heavy atom. The zero-order chi connectivity index (χ0) is 14.0. The number of nitrogens with zero attached hydrogens (tertiary/aromatic N) is 2. The van der Waals surface area contributed by atoms with Gasteiger partial charge in [-0.15, -0.1) is 0 Å². The second kappa shape index (κ2) is 5.14. The first kappa shape index (κ1) is 13.1. The van der Waals surface area contributed by atoms with Gasteiger partial charge in [-0.3, -0.25) is 10.1 Å². The quantitative estimate of drug-likeness (QED) is 0.677. The van der Waals surface area contributed by atoms with Gasteiger partial charge in [0.25, 0.3) is 5.69 Å². The van der Waals surface area contributed by atoms with E-state index < -0.39 is 0 Å². The van der Waals surface area contributed by atoms with Gasteiger partial charge in [0.1, 0.15) is 0 Å². The minimum Gasteiger partial charge on any atom is -0.381 e. The van der Waals surface area contributed by atoms with Crippen molar-refractivity contribution in [3.63, 3.8) is 0 Å². The van der Waals surface area contributed by atoms with E-state index in [-0.39, 0.29) is 10.6 Å². The third kappa shape index (κ3) is 2.93. The molecule has 2 rings (SSSR count). The lowest BCUT2D eigenvalue weighted by molar-refractivity contribution is -0.385. The number of anilines is 1. The van der Waals surface area contributed by atoms with Crippen molar-refractivity contribution in [2.75, 3.05) is 5.32 Å². The molecule has 1 N–H and O–H groups in total. The third-order valence-electron chi connectivity index (χ3n) is 3.12. The van der Waals surface area contributed by atoms with Gasteiger partial charge < -0.3 is 9.88 Å². The van der Waals surface area contributed by atoms with Crippen LogP contribution in [-0.2, 0) is 13.6 Å². The summed E-state index contributed by atoms with van der Waals surface area (Å²) in [5.74, 6) is 0. The van der Waals surface area contributed by atoms with Crippen molar-refractivity contribution in [2.24, 2.45) is 7.05 Å². The predicted molar refractivity (Wildman–Crippen MR) is 75.3 cm³/mol. The molecule has 0 aliphatic heterocycles. The van der Waals surface area contributed by atoms with Crippen LogP contribution in [0.3, 0.4) is 0 Å². The molecular formula is C14H17N3O2. The Hall–Kier alpha value is -2.30. The molecule has 0 aliphatic carbocycles. The maximum Gasteiger partial charge on any atom is 0.272 e. The molecule has 0 spiro atoms. The first-order valence-electron chi connectivity index (χ1n) is 6.07. The lowest BCUT2D eigenvalue weighted by atomic mass is 10.1. The summed E-state index contributed by atoms with van der Waals surface area (Å²) in [6, 6.07) is 5.49. The fourth-order valence-electron chi connectivity index (χ4n) is 2.05. The molecule has 0 radical (unpaired) electrons. The van der Waals surface area contributed by atoms with E-state index in [1.54, 1.807) is 13.0 Å². The lowest BCUT2D eigenvalue weighted by Gasteiger charge is -2.10. The van der Waals surface area contributed by atoms with Gasteiger partial charge >= 0.3 is 0 Å². The Morgan fingerprint density at radius 1 is 1.32 bits per heavy atom. The SMILES string of the molecule is Cc1cc([N+](=O)[O-])c(C)cc1NCc1ccn(C)c1. The summed E-state index contributed by atoms with van der Waals surface area (Å²) in [6.45, 7) is 4.34. The summed E-state index contributed by atoms with van der Waals surface area (Å²) >= 11 is 0. The highest BCUT2D eigenvalue weighted by atomic mass is 16.6. The third-order valence-corrected chi connectivity index (χ3v) is 3.12. The van der Waals surface area contributed by atoms with E-state index in [1.807, 2.05) is 43.1 Å². The Labute approximate surface area is 112 Å². The van der Waals surface area contributed by atoms with Crippen LogP contribution >= 0.6 is 0 Å². The Balaban J connectivity index is 2.17. The zero-order valence-electron chi connectivity index (χ0n) is 11.3. The Morgan fingerprint density at radius 2 is 2.05 bits per heavy atom. The van der Waals surface area contributed by atoms with Crippen molar-refractivity contribution < 1.29 is 4.92 Å². The number of nitro groups is 1. The number of aryl methyl sites for hydroxylation is 3. The van der Waals surface area contributed by atoms with Crippen LogP contribution in [0, 0.1) is 24.0 Å². The van der Waals surface area contributed by atoms with Crippen molar-refractivity contribution in [1.82, 2.24) is 4.57 Å². The molecule has 1 heterocycles. The topological polar surface area (TPSA) is 60.1 Å². The molecule has 0 unspecified atom stereocenters. The molecule has 0 atom stereocenters. The van der Waals surface area contributed by atoms with Gasteiger partial charge in [-0.25, -0.2) is 0 Å². The lowest BCUT2D eigenvalue weighted by Crippen LogP contribution is -2.02. The average Bonchev–Trinajstić information content (AvgIpc) is 2.75. The van der Waals surface area contributed by atoms with E-state index in [4.69, 9.17) is 0 Å². The number of aromatic nitrogens is 1. The van der Waals surface area contributed by atoms with Crippen LogP contribution in [0.4, 0.5) is 11.4 Å². The number of hydrogen-bond acceptors (Lipinski definition) is 3. The largest absolute Gasteiger partial charge is 0.381 e. The molecule has 0 aliphatic rings. The number of benzene rings is 1. The highest BCUT2D eigenvalue weighted by Crippen LogP contribution is 2.26. The Bertz CT molecular complexity index is 617. The van der Waals surface area contributed by atoms with Crippen LogP contribution < -0.4 is 5.32 Å². The summed E-state index contributed by atoms with van der Waals surface area (Å²) in [7, 11) is 1.98. The second-order valence-corrected chi connectivity index (χ2v) is 4.75. The smallest absolute Gasteiger partial charge is 0.272 e. The summed E-state index contributed by atoms with van der Waals surface area (Å²) in [6.07, 6.45) is 4.03. The van der Waals surface area contributed by atoms with Crippen LogP contribution in [0.5, 0.6) is 0 Å². The standard InChI is InChI=1S/C14H17N3O2/c1-10-7-14(17(18)19)11(2)6-13(10)15-8-12-4-5-16(3)9-12/h4-7,9,15H,8H2,1-3H3. The summed E-state index contributed by atoms with van der Waals surface area (Å²) < 4.78 is 1.99. The number of nitro benzene ring substituents is 1. The van der Waals surface area contributed by atoms with E-state index in [9.17, 15) is 10.1 Å². The van der Waals surface area contributed by atoms with Gasteiger partial charge in [0.2, 0.25) is 0 Å². The van der Waals surface area contributed by atoms with E-state index in [0.29, 0.717) is 12.1 Å². The monoisotopic (exact) mass is 259 g/mol. The Kier molecular flexibility index (Phi) is 3.55. The van der Waals surface area contributed by atoms with Gasteiger partial charge in [0, 0.05) is 43.3 Å². The molecule has 0 amide bonds. The van der Waals surface area contributed by atoms with E-state index in [0.717, 1.165) is 11.3 Å². The van der Waals surface area contributed by atoms with E-state index in [2.05, 4.69) is 5.32 Å². The fraction of sp³-hybridized carbons (Fsp3) is 0.286. The first-order valence-corrected chi connectivity index (χ1v) is 6.07. The minimum absolute atomic E-state index is 0.169. The molecule has 1 aromatic heterocycles. The van der Waals surface area contributed by atoms with Crippen LogP contribution in [0.25, 0.3) is 0 Å². The molecule has 1 aromatic carbocycles. The fourth-order valence-corrected chi connectivity index (χ4v) is 2.05. The summed E-state index contributed by atoms with van der Waals surface area (Å²) in [5, 5.41) is 14.2. The van der Waals surface area contributed by atoms with Crippen molar-refractivity contribution in [1.29, 1.82) is 0 Å². The second-order valence-electron chi connectivity index (χ2n) is 4.75. The van der Waals surface area contributed by atoms with Crippen molar-refractivity contribution in [3.05, 3.63) is 57.4 Å². The van der Waals surface area contributed by atoms with Gasteiger partial charge in [0.15, 0.2) is 0 Å². The molecule has 5 nitrogen and oxygen atoms in total. The van der Waals surface area contributed by atoms with Crippen LogP contribution in [0.1, 0.15) is 16.7 Å². The van der Waals surface area contributed by atoms with Crippen LogP contribution in [-0.4, -0.2) is 9.49 Å². The van der Waals surface area contributed by atoms with Crippen molar-refractivity contribution in [3.8, 4) is 0 Å². The van der Waals surface area contributed by atoms with Gasteiger partial charge in [-0.1, -0.05) is 0 Å². The molecular weight excluding hydrogens is 242 g/mol. The van der Waals surface area contributed by atoms with Crippen LogP contribution in [0.2, 0.25) is 0 Å². The van der Waals surface area contributed by atoms with Gasteiger partial charge in [-0.05, 0) is 37.1 Å². The molecule has 0 fully saturated rings. The molecule has 5 heteroatoms. The first-order chi connectivity index (χ1) is 8.97. The van der Waals surface area contributed by atoms with E-state index in [1.165, 1.54) is 5.56 Å². The highest BCUT2D eigenvalue weighted by molar-refractivity contribution is 5.59. The van der Waals surface area contributed by atoms with Gasteiger partial charge in [0.05, 0.1) is 4.92 Å². The minimum atomic E-state index is -0.344. The number of rotatable bonds is 4. The maximum absolute atomic E-state index is 10.8. The molecule has 100 valence electrons.